The van der Waals surface area contributed by atoms with Gasteiger partial charge in [-0.15, -0.1) is 21.9 Å². The smallest absolute Gasteiger partial charge is 0.381 e. The van der Waals surface area contributed by atoms with Gasteiger partial charge in [0.25, 0.3) is 5.77 Å². The van der Waals surface area contributed by atoms with Gasteiger partial charge in [-0.1, -0.05) is 59.1 Å². The number of hydrogen-bond donors (Lipinski definition) is 0. The largest absolute Gasteiger partial charge is 0.446 e. The highest BCUT2D eigenvalue weighted by Gasteiger charge is 2.52. The number of rotatable bonds is 10. The van der Waals surface area contributed by atoms with Crippen LogP contribution in [0.15, 0.2) is 72.8 Å². The van der Waals surface area contributed by atoms with Gasteiger partial charge in [-0.3, -0.25) is 0 Å². The van der Waals surface area contributed by atoms with Gasteiger partial charge >= 0.3 is 21.2 Å². The van der Waals surface area contributed by atoms with Crippen molar-refractivity contribution >= 4 is 50.7 Å². The van der Waals surface area contributed by atoms with E-state index < -0.39 is 144 Å². The van der Waals surface area contributed by atoms with Crippen LogP contribution in [0.3, 0.4) is 0 Å². The van der Waals surface area contributed by atoms with Crippen LogP contribution in [-0.2, 0) is 0 Å². The van der Waals surface area contributed by atoms with E-state index in [9.17, 15) is 52.7 Å². The molecular weight excluding hydrogens is 1170 g/mol. The maximum atomic E-state index is 15.4. The molecule has 0 saturated carbocycles. The van der Waals surface area contributed by atoms with Crippen molar-refractivity contribution in [3.63, 3.8) is 0 Å². The summed E-state index contributed by atoms with van der Waals surface area (Å²) in [5, 5.41) is 1.90. The van der Waals surface area contributed by atoms with Gasteiger partial charge in [0, 0.05) is 12.1 Å². The predicted octanol–water partition coefficient (Wildman–Crippen LogP) is 9.99. The number of halogens is 21. The second-order valence-electron chi connectivity index (χ2n) is 14.7. The molecule has 8 rings (SSSR count). The topological polar surface area (TPSA) is 18.5 Å². The van der Waals surface area contributed by atoms with Gasteiger partial charge in [0.2, 0.25) is 0 Å². The van der Waals surface area contributed by atoms with E-state index in [0.717, 1.165) is 32.8 Å². The van der Waals surface area contributed by atoms with Crippen LogP contribution in [0.25, 0.3) is 0 Å². The van der Waals surface area contributed by atoms with Gasteiger partial charge in [0.15, 0.2) is 79.9 Å². The van der Waals surface area contributed by atoms with E-state index in [1.807, 2.05) is 36.4 Å². The SMILES string of the molecule is Cc1ccccc1Oc1ccc([I+]c2ccc(Oc3ccccc3C)s2)s1.Fc1c(F)c(F)c([B-](c2c(F)c(F)c(F)c(F)c2F)(c2c(F)c(F)c(F)c(F)c2F)c2c(F)c(F)c(F)c(F)c2F)c(F)c1F. The first-order valence-electron chi connectivity index (χ1n) is 19.4. The standard InChI is InChI=1S/C24BF20.C22H18IO2S2/c26-5-1(6(27)14(35)21(42)13(5)34)25(2-7(28)15(36)22(43)16(37)8(2)29,3-9(30)17(38)23(44)18(39)10(3)31)4-11(32)19(40)24(45)20(41)12(4)33;1-15-7-3-5-9-17(15)24-21-13-11-19(26-21)23-20-12-14-22(27-20)25-18-10-6-4-8-16(18)2/h;3-14H,1-2H3/q-1;+1. The Morgan fingerprint density at radius 2 is 0.528 bits per heavy atom. The van der Waals surface area contributed by atoms with E-state index in [1.54, 1.807) is 22.7 Å². The molecule has 0 amide bonds. The Bertz CT molecular complexity index is 2990. The molecule has 0 bridgehead atoms. The number of ether oxygens (including phenoxy) is 2. The van der Waals surface area contributed by atoms with Gasteiger partial charge in [0.1, 0.15) is 64.2 Å². The van der Waals surface area contributed by atoms with Gasteiger partial charge in [-0.05, 0) is 49.2 Å². The molecule has 72 heavy (non-hydrogen) atoms. The number of benzene rings is 6. The summed E-state index contributed by atoms with van der Waals surface area (Å²) >= 11 is 3.26. The molecule has 0 atom stereocenters. The highest BCUT2D eigenvalue weighted by molar-refractivity contribution is 7.20. The molecule has 0 radical (unpaired) electrons. The van der Waals surface area contributed by atoms with Crippen LogP contribution in [0.4, 0.5) is 87.8 Å². The predicted molar refractivity (Wildman–Crippen MR) is 218 cm³/mol. The van der Waals surface area contributed by atoms with Crippen molar-refractivity contribution in [1.82, 2.24) is 0 Å². The number of para-hydroxylation sites is 2. The van der Waals surface area contributed by atoms with Crippen molar-refractivity contribution < 1.29 is 118 Å². The fraction of sp³-hybridized carbons (Fsp3) is 0.0435. The van der Waals surface area contributed by atoms with Gasteiger partial charge < -0.3 is 9.47 Å². The first-order chi connectivity index (χ1) is 33.9. The van der Waals surface area contributed by atoms with Crippen LogP contribution in [-0.4, -0.2) is 6.15 Å². The van der Waals surface area contributed by atoms with Crippen molar-refractivity contribution in [2.24, 2.45) is 0 Å². The molecule has 0 unspecified atom stereocenters. The minimum atomic E-state index is -7.22. The van der Waals surface area contributed by atoms with Crippen LogP contribution in [0.2, 0.25) is 0 Å². The quantitative estimate of drug-likeness (QED) is 0.0447. The molecular formula is C46H18BF20IO2S2. The highest BCUT2D eigenvalue weighted by Crippen LogP contribution is 2.33. The van der Waals surface area contributed by atoms with E-state index in [2.05, 4.69) is 50.2 Å². The summed E-state index contributed by atoms with van der Waals surface area (Å²) < 4.78 is 309. The Morgan fingerprint density at radius 1 is 0.306 bits per heavy atom. The van der Waals surface area contributed by atoms with Crippen molar-refractivity contribution in [2.75, 3.05) is 0 Å². The van der Waals surface area contributed by atoms with E-state index in [4.69, 9.17) is 9.47 Å². The molecule has 0 aliphatic heterocycles. The lowest BCUT2D eigenvalue weighted by Crippen LogP contribution is -3.61. The van der Waals surface area contributed by atoms with Crippen LogP contribution in [0.1, 0.15) is 11.1 Å². The summed E-state index contributed by atoms with van der Waals surface area (Å²) in [6.45, 7) is 4.14. The first-order valence-corrected chi connectivity index (χ1v) is 23.2. The number of hydrogen-bond acceptors (Lipinski definition) is 4. The number of aryl methyl sites for hydroxylation is 2. The molecule has 376 valence electrons. The molecule has 0 aliphatic carbocycles. The molecule has 0 N–H and O–H groups in total. The van der Waals surface area contributed by atoms with Crippen LogP contribution in [0.5, 0.6) is 21.6 Å². The van der Waals surface area contributed by atoms with Crippen molar-refractivity contribution in [2.45, 2.75) is 13.8 Å². The maximum Gasteiger partial charge on any atom is 0.381 e. The number of thiophene rings is 2. The van der Waals surface area contributed by atoms with Crippen molar-refractivity contribution in [3.8, 4) is 21.6 Å². The van der Waals surface area contributed by atoms with E-state index >= 15 is 35.1 Å². The monoisotopic (exact) mass is 1180 g/mol. The van der Waals surface area contributed by atoms with Crippen molar-refractivity contribution in [1.29, 1.82) is 0 Å². The zero-order chi connectivity index (χ0) is 53.0. The van der Waals surface area contributed by atoms with Gasteiger partial charge in [0.05, 0.1) is 0 Å². The lowest BCUT2D eigenvalue weighted by molar-refractivity contribution is -0.585. The Hall–Kier alpha value is -6.29. The minimum Gasteiger partial charge on any atom is -0.446 e. The molecule has 0 spiro atoms. The van der Waals surface area contributed by atoms with Crippen LogP contribution < -0.4 is 52.5 Å². The van der Waals surface area contributed by atoms with Gasteiger partial charge in [-0.2, -0.15) is 0 Å². The summed E-state index contributed by atoms with van der Waals surface area (Å²) in [5.41, 5.74) is -12.0. The third-order valence-corrected chi connectivity index (χ3v) is 16.2. The zero-order valence-corrected chi connectivity index (χ0v) is 38.9. The molecule has 6 aromatic carbocycles. The first kappa shape index (κ1) is 53.5. The van der Waals surface area contributed by atoms with E-state index in [1.165, 1.54) is 5.77 Å². The summed E-state index contributed by atoms with van der Waals surface area (Å²) in [6.07, 6.45) is -7.22. The van der Waals surface area contributed by atoms with E-state index in [0.29, 0.717) is 0 Å². The van der Waals surface area contributed by atoms with Crippen molar-refractivity contribution in [3.05, 3.63) is 206 Å². The Kier molecular flexibility index (Phi) is 15.4. The van der Waals surface area contributed by atoms with E-state index in [-0.39, 0.29) is 21.2 Å². The molecule has 0 fully saturated rings. The lowest BCUT2D eigenvalue weighted by atomic mass is 9.12. The van der Waals surface area contributed by atoms with Crippen LogP contribution >= 0.6 is 22.7 Å². The second kappa shape index (κ2) is 20.7. The lowest BCUT2D eigenvalue weighted by Gasteiger charge is -2.44. The third-order valence-electron chi connectivity index (χ3n) is 10.6. The fourth-order valence-electron chi connectivity index (χ4n) is 7.33. The molecule has 2 nitrogen and oxygen atoms in total. The summed E-state index contributed by atoms with van der Waals surface area (Å²) in [6, 6.07) is 24.8. The summed E-state index contributed by atoms with van der Waals surface area (Å²) in [7, 11) is 0. The van der Waals surface area contributed by atoms with Gasteiger partial charge in [-0.25, -0.2) is 87.8 Å². The molecule has 26 heteroatoms. The fourth-order valence-corrected chi connectivity index (χ4v) is 13.2. The Labute approximate surface area is 408 Å². The summed E-state index contributed by atoms with van der Waals surface area (Å²) in [5.74, 6) is -69.6. The average molecular weight is 1180 g/mol. The Morgan fingerprint density at radius 3 is 0.764 bits per heavy atom. The average Bonchev–Trinajstić information content (AvgIpc) is 4.01. The highest BCUT2D eigenvalue weighted by atomic mass is 127. The third kappa shape index (κ3) is 9.13. The normalized spacial score (nSPS) is 11.5. The molecule has 2 heterocycles. The maximum absolute atomic E-state index is 15.4. The molecule has 8 aromatic rings. The summed E-state index contributed by atoms with van der Waals surface area (Å²) in [4.78, 5) is 0. The Balaban J connectivity index is 0.000000238. The molecule has 2 aromatic heterocycles. The molecule has 0 aliphatic rings. The minimum absolute atomic E-state index is 0.221. The van der Waals surface area contributed by atoms with Crippen LogP contribution in [0, 0.1) is 136 Å². The second-order valence-corrected chi connectivity index (χ2v) is 21.2. The zero-order valence-electron chi connectivity index (χ0n) is 35.1. The molecule has 0 saturated heterocycles.